The number of aromatic nitrogens is 2. The Bertz CT molecular complexity index is 460. The number of aliphatic carboxylic acids is 1. The summed E-state index contributed by atoms with van der Waals surface area (Å²) in [5.74, 6) is 0.278. The molecule has 1 saturated heterocycles. The van der Waals surface area contributed by atoms with Gasteiger partial charge in [-0.3, -0.25) is 9.48 Å². The highest BCUT2D eigenvalue weighted by molar-refractivity contribution is 8.01. The molecule has 2 aliphatic rings. The van der Waals surface area contributed by atoms with E-state index in [-0.39, 0.29) is 0 Å². The summed E-state index contributed by atoms with van der Waals surface area (Å²) in [5.41, 5.74) is 0.934. The molecule has 3 rings (SSSR count). The van der Waals surface area contributed by atoms with E-state index in [1.54, 1.807) is 11.8 Å². The number of hydrogen-bond donors (Lipinski definition) is 1. The third kappa shape index (κ3) is 2.53. The maximum Gasteiger partial charge on any atom is 0.320 e. The van der Waals surface area contributed by atoms with Crippen molar-refractivity contribution in [1.29, 1.82) is 0 Å². The minimum absolute atomic E-state index is 0.533. The summed E-state index contributed by atoms with van der Waals surface area (Å²) in [6.45, 7) is 0. The van der Waals surface area contributed by atoms with Gasteiger partial charge >= 0.3 is 5.97 Å². The molecule has 19 heavy (non-hydrogen) atoms. The minimum atomic E-state index is -0.676. The number of nitrogens with zero attached hydrogens (tertiary/aromatic N) is 2. The Morgan fingerprint density at radius 3 is 2.89 bits per heavy atom. The molecule has 2 fully saturated rings. The van der Waals surface area contributed by atoms with E-state index < -0.39 is 10.7 Å². The van der Waals surface area contributed by atoms with Crippen molar-refractivity contribution in [2.24, 2.45) is 0 Å². The topological polar surface area (TPSA) is 55.1 Å². The van der Waals surface area contributed by atoms with Crippen LogP contribution in [0.3, 0.4) is 0 Å². The average molecular weight is 280 g/mol. The van der Waals surface area contributed by atoms with Gasteiger partial charge in [0.05, 0.1) is 11.7 Å². The van der Waals surface area contributed by atoms with Gasteiger partial charge in [-0.05, 0) is 37.5 Å². The van der Waals surface area contributed by atoms with Crippen molar-refractivity contribution >= 4 is 17.7 Å². The lowest BCUT2D eigenvalue weighted by Gasteiger charge is -2.21. The molecule has 0 bridgehead atoms. The van der Waals surface area contributed by atoms with Gasteiger partial charge in [-0.2, -0.15) is 5.10 Å². The van der Waals surface area contributed by atoms with Crippen molar-refractivity contribution in [1.82, 2.24) is 9.78 Å². The second-order valence-electron chi connectivity index (χ2n) is 5.65. The van der Waals surface area contributed by atoms with E-state index in [9.17, 15) is 9.90 Å². The van der Waals surface area contributed by atoms with E-state index in [4.69, 9.17) is 0 Å². The largest absolute Gasteiger partial charge is 0.480 e. The molecule has 1 aliphatic carbocycles. The zero-order chi connectivity index (χ0) is 13.3. The van der Waals surface area contributed by atoms with Crippen molar-refractivity contribution < 1.29 is 9.90 Å². The van der Waals surface area contributed by atoms with Crippen molar-refractivity contribution in [3.63, 3.8) is 0 Å². The van der Waals surface area contributed by atoms with Crippen LogP contribution in [0.25, 0.3) is 0 Å². The van der Waals surface area contributed by atoms with Crippen LogP contribution in [0.1, 0.15) is 50.3 Å². The number of carbonyl (C=O) groups is 1. The summed E-state index contributed by atoms with van der Waals surface area (Å²) < 4.78 is 1.42. The van der Waals surface area contributed by atoms with Gasteiger partial charge < -0.3 is 5.11 Å². The van der Waals surface area contributed by atoms with E-state index in [1.807, 2.05) is 12.3 Å². The fraction of sp³-hybridized carbons (Fsp3) is 0.714. The lowest BCUT2D eigenvalue weighted by atomic mass is 9.97. The van der Waals surface area contributed by atoms with Crippen molar-refractivity contribution in [3.8, 4) is 0 Å². The predicted molar refractivity (Wildman–Crippen MR) is 75.5 cm³/mol. The molecule has 1 aromatic rings. The molecule has 0 aromatic carbocycles. The number of carboxylic acids is 1. The molecule has 0 spiro atoms. The first-order chi connectivity index (χ1) is 9.20. The molecule has 0 radical (unpaired) electrons. The maximum atomic E-state index is 11.5. The average Bonchev–Trinajstić information content (AvgIpc) is 3.10. The molecule has 4 nitrogen and oxygen atoms in total. The Balaban J connectivity index is 1.73. The van der Waals surface area contributed by atoms with E-state index in [1.165, 1.54) is 25.7 Å². The Morgan fingerprint density at radius 2 is 2.26 bits per heavy atom. The minimum Gasteiger partial charge on any atom is -0.480 e. The summed E-state index contributed by atoms with van der Waals surface area (Å²) in [6.07, 6.45) is 9.35. The fourth-order valence-corrected chi connectivity index (χ4v) is 4.56. The summed E-state index contributed by atoms with van der Waals surface area (Å²) in [6, 6.07) is 2.53. The van der Waals surface area contributed by atoms with Gasteiger partial charge in [-0.25, -0.2) is 0 Å². The van der Waals surface area contributed by atoms with Crippen LogP contribution in [-0.2, 0) is 11.2 Å². The van der Waals surface area contributed by atoms with Crippen LogP contribution in [0.4, 0.5) is 0 Å². The Hall–Kier alpha value is -0.970. The third-order valence-electron chi connectivity index (χ3n) is 4.32. The van der Waals surface area contributed by atoms with Crippen LogP contribution in [0.2, 0.25) is 0 Å². The van der Waals surface area contributed by atoms with Gasteiger partial charge in [-0.15, -0.1) is 11.8 Å². The van der Waals surface area contributed by atoms with Crippen LogP contribution >= 0.6 is 11.8 Å². The lowest BCUT2D eigenvalue weighted by molar-refractivity contribution is -0.139. The van der Waals surface area contributed by atoms with E-state index >= 15 is 0 Å². The van der Waals surface area contributed by atoms with E-state index in [0.717, 1.165) is 24.3 Å². The highest BCUT2D eigenvalue weighted by Crippen LogP contribution is 2.41. The molecule has 1 saturated carbocycles. The van der Waals surface area contributed by atoms with Gasteiger partial charge in [0.1, 0.15) is 4.75 Å². The van der Waals surface area contributed by atoms with E-state index in [0.29, 0.717) is 12.5 Å². The van der Waals surface area contributed by atoms with Gasteiger partial charge in [0.15, 0.2) is 0 Å². The van der Waals surface area contributed by atoms with Crippen LogP contribution in [-0.4, -0.2) is 31.4 Å². The van der Waals surface area contributed by atoms with E-state index in [2.05, 4.69) is 9.78 Å². The predicted octanol–water partition coefficient (Wildman–Crippen LogP) is 2.89. The van der Waals surface area contributed by atoms with Gasteiger partial charge in [0.2, 0.25) is 0 Å². The summed E-state index contributed by atoms with van der Waals surface area (Å²) in [5, 5.41) is 14.1. The number of hydrogen-bond acceptors (Lipinski definition) is 3. The number of carboxylic acid groups (broad SMARTS) is 1. The third-order valence-corrected chi connectivity index (χ3v) is 5.89. The standard InChI is InChI=1S/C14H20N2O2S/c17-13(18)14(7-3-9-19-14)10-11-6-8-16(15-11)12-4-1-2-5-12/h6,8,12H,1-5,7,9-10H2,(H,17,18). The van der Waals surface area contributed by atoms with Crippen molar-refractivity contribution in [2.45, 2.75) is 55.7 Å². The smallest absolute Gasteiger partial charge is 0.320 e. The molecule has 104 valence electrons. The highest BCUT2D eigenvalue weighted by Gasteiger charge is 2.42. The van der Waals surface area contributed by atoms with Gasteiger partial charge in [0.25, 0.3) is 0 Å². The molecular weight excluding hydrogens is 260 g/mol. The Kier molecular flexibility index (Phi) is 3.56. The molecule has 1 aromatic heterocycles. The second kappa shape index (κ2) is 5.19. The summed E-state index contributed by atoms with van der Waals surface area (Å²) in [7, 11) is 0. The summed E-state index contributed by atoms with van der Waals surface area (Å²) >= 11 is 1.59. The molecule has 1 unspecified atom stereocenters. The van der Waals surface area contributed by atoms with Gasteiger partial charge in [-0.1, -0.05) is 12.8 Å². The molecule has 2 heterocycles. The first-order valence-corrected chi connectivity index (χ1v) is 8.10. The SMILES string of the molecule is O=C(O)C1(Cc2ccn(C3CCCC3)n2)CCCS1. The van der Waals surface area contributed by atoms with Crippen molar-refractivity contribution in [2.75, 3.05) is 5.75 Å². The first-order valence-electron chi connectivity index (χ1n) is 7.11. The van der Waals surface area contributed by atoms with Crippen molar-refractivity contribution in [3.05, 3.63) is 18.0 Å². The van der Waals surface area contributed by atoms with Crippen LogP contribution in [0.5, 0.6) is 0 Å². The molecule has 5 heteroatoms. The second-order valence-corrected chi connectivity index (χ2v) is 7.13. The maximum absolute atomic E-state index is 11.5. The highest BCUT2D eigenvalue weighted by atomic mass is 32.2. The fourth-order valence-electron chi connectivity index (χ4n) is 3.22. The Labute approximate surface area is 117 Å². The Morgan fingerprint density at radius 1 is 1.47 bits per heavy atom. The zero-order valence-electron chi connectivity index (χ0n) is 11.0. The monoisotopic (exact) mass is 280 g/mol. The molecule has 0 amide bonds. The normalized spacial score (nSPS) is 28.0. The summed E-state index contributed by atoms with van der Waals surface area (Å²) in [4.78, 5) is 11.5. The zero-order valence-corrected chi connectivity index (χ0v) is 11.9. The molecule has 1 aliphatic heterocycles. The quantitative estimate of drug-likeness (QED) is 0.921. The molecular formula is C14H20N2O2S. The van der Waals surface area contributed by atoms with Crippen LogP contribution in [0, 0.1) is 0 Å². The first kappa shape index (κ1) is 13.0. The van der Waals surface area contributed by atoms with Gasteiger partial charge in [0, 0.05) is 12.6 Å². The lowest BCUT2D eigenvalue weighted by Crippen LogP contribution is -2.35. The van der Waals surface area contributed by atoms with Crippen LogP contribution < -0.4 is 0 Å². The number of rotatable bonds is 4. The van der Waals surface area contributed by atoms with Crippen LogP contribution in [0.15, 0.2) is 12.3 Å². The molecule has 1 atom stereocenters. The number of thioether (sulfide) groups is 1. The molecule has 1 N–H and O–H groups in total.